The van der Waals surface area contributed by atoms with Crippen LogP contribution >= 0.6 is 24.0 Å². The number of halogens is 2. The van der Waals surface area contributed by atoms with Crippen LogP contribution < -0.4 is 15.5 Å². The maximum atomic E-state index is 6.46. The van der Waals surface area contributed by atoms with E-state index < -0.39 is 0 Å². The topological polar surface area (TPSA) is 108 Å². The molecule has 11 heteroatoms. The van der Waals surface area contributed by atoms with Crippen LogP contribution in [0.1, 0.15) is 17.7 Å². The lowest BCUT2D eigenvalue weighted by molar-refractivity contribution is 0.620. The van der Waals surface area contributed by atoms with Crippen molar-refractivity contribution in [2.75, 3.05) is 29.9 Å². The lowest BCUT2D eigenvalue weighted by atomic mass is 10.1. The molecule has 33 heavy (non-hydrogen) atoms. The molecule has 1 saturated heterocycles. The van der Waals surface area contributed by atoms with Crippen LogP contribution in [0.3, 0.4) is 0 Å². The predicted octanol–water partition coefficient (Wildman–Crippen LogP) is 3.22. The summed E-state index contributed by atoms with van der Waals surface area (Å²) in [5.41, 5.74) is 4.79. The average molecular weight is 484 g/mol. The van der Waals surface area contributed by atoms with Gasteiger partial charge in [-0.25, -0.2) is 24.9 Å². The highest BCUT2D eigenvalue weighted by Crippen LogP contribution is 2.32. The number of rotatable bonds is 4. The van der Waals surface area contributed by atoms with E-state index in [2.05, 4.69) is 40.5 Å². The van der Waals surface area contributed by atoms with Crippen molar-refractivity contribution < 1.29 is 0 Å². The van der Waals surface area contributed by atoms with Gasteiger partial charge < -0.3 is 20.5 Å². The van der Waals surface area contributed by atoms with Crippen LogP contribution in [0.2, 0.25) is 5.02 Å². The highest BCUT2D eigenvalue weighted by atomic mass is 35.5. The van der Waals surface area contributed by atoms with Crippen molar-refractivity contribution in [3.8, 4) is 11.3 Å². The van der Waals surface area contributed by atoms with Crippen LogP contribution in [0.15, 0.2) is 37.1 Å². The summed E-state index contributed by atoms with van der Waals surface area (Å²) >= 11 is 6.46. The van der Waals surface area contributed by atoms with Crippen molar-refractivity contribution in [2.24, 2.45) is 0 Å². The molecule has 0 bridgehead atoms. The standard InChI is InChI=1S/C22H22ClN9.ClH/c23-17-9-27-22(31-19(17)16-8-26-20-14(16)2-1-5-25-20)30-13-4-7-32(11-13)21-15-3-6-24-10-18(15)28-12-29-21;/h1-2,5,8-9,12-13,24H,3-4,6-7,10-11H2,(H,25,26)(H,27,30,31);1H/t13-;/m1./s1. The van der Waals surface area contributed by atoms with Crippen LogP contribution in [0.5, 0.6) is 0 Å². The van der Waals surface area contributed by atoms with E-state index in [9.17, 15) is 0 Å². The molecule has 170 valence electrons. The van der Waals surface area contributed by atoms with Gasteiger partial charge in [-0.1, -0.05) is 11.6 Å². The fourth-order valence-electron chi connectivity index (χ4n) is 4.57. The third-order valence-electron chi connectivity index (χ3n) is 6.13. The molecule has 0 saturated carbocycles. The zero-order valence-corrected chi connectivity index (χ0v) is 19.3. The van der Waals surface area contributed by atoms with E-state index in [1.165, 1.54) is 5.56 Å². The molecule has 3 N–H and O–H groups in total. The summed E-state index contributed by atoms with van der Waals surface area (Å²) in [6.45, 7) is 3.55. The van der Waals surface area contributed by atoms with E-state index in [-0.39, 0.29) is 18.4 Å². The van der Waals surface area contributed by atoms with Gasteiger partial charge in [-0.05, 0) is 31.5 Å². The zero-order chi connectivity index (χ0) is 21.5. The summed E-state index contributed by atoms with van der Waals surface area (Å²) in [5, 5.41) is 8.36. The zero-order valence-electron chi connectivity index (χ0n) is 17.8. The fraction of sp³-hybridized carbons (Fsp3) is 0.318. The monoisotopic (exact) mass is 483 g/mol. The van der Waals surface area contributed by atoms with E-state index >= 15 is 0 Å². The molecule has 4 aromatic heterocycles. The van der Waals surface area contributed by atoms with Gasteiger partial charge >= 0.3 is 0 Å². The Labute approximate surface area is 201 Å². The van der Waals surface area contributed by atoms with Gasteiger partial charge in [0.25, 0.3) is 0 Å². The Morgan fingerprint density at radius 2 is 2.12 bits per heavy atom. The van der Waals surface area contributed by atoms with Crippen LogP contribution in [0, 0.1) is 0 Å². The van der Waals surface area contributed by atoms with Gasteiger partial charge in [0.2, 0.25) is 5.95 Å². The Bertz CT molecular complexity index is 1290. The van der Waals surface area contributed by atoms with Gasteiger partial charge in [0.05, 0.1) is 22.6 Å². The summed E-state index contributed by atoms with van der Waals surface area (Å²) in [5.74, 6) is 1.63. The molecule has 2 aliphatic rings. The number of hydrogen-bond donors (Lipinski definition) is 3. The van der Waals surface area contributed by atoms with Crippen LogP contribution in [-0.4, -0.2) is 55.6 Å². The van der Waals surface area contributed by atoms with Crippen molar-refractivity contribution in [1.29, 1.82) is 0 Å². The molecular weight excluding hydrogens is 461 g/mol. The first kappa shape index (κ1) is 21.8. The van der Waals surface area contributed by atoms with Gasteiger partial charge in [-0.15, -0.1) is 12.4 Å². The minimum atomic E-state index is 0. The minimum Gasteiger partial charge on any atom is -0.354 e. The quantitative estimate of drug-likeness (QED) is 0.406. The van der Waals surface area contributed by atoms with Crippen LogP contribution in [-0.2, 0) is 13.0 Å². The number of nitrogens with one attached hydrogen (secondary N) is 3. The summed E-state index contributed by atoms with van der Waals surface area (Å²) in [6.07, 6.45) is 8.92. The number of fused-ring (bicyclic) bond motifs is 2. The van der Waals surface area contributed by atoms with Crippen molar-refractivity contribution in [3.63, 3.8) is 0 Å². The second-order valence-electron chi connectivity index (χ2n) is 8.12. The lowest BCUT2D eigenvalue weighted by Crippen LogP contribution is -2.31. The predicted molar refractivity (Wildman–Crippen MR) is 131 cm³/mol. The molecule has 4 aromatic rings. The Hall–Kier alpha value is -3.01. The number of anilines is 2. The lowest BCUT2D eigenvalue weighted by Gasteiger charge is -2.24. The van der Waals surface area contributed by atoms with Crippen molar-refractivity contribution in [1.82, 2.24) is 35.2 Å². The molecule has 6 rings (SSSR count). The molecule has 0 amide bonds. The largest absolute Gasteiger partial charge is 0.354 e. The van der Waals surface area contributed by atoms with Crippen molar-refractivity contribution >= 4 is 46.8 Å². The smallest absolute Gasteiger partial charge is 0.223 e. The minimum absolute atomic E-state index is 0. The molecule has 0 aliphatic carbocycles. The first-order chi connectivity index (χ1) is 15.8. The first-order valence-electron chi connectivity index (χ1n) is 10.8. The molecule has 1 atom stereocenters. The van der Waals surface area contributed by atoms with E-state index in [1.807, 2.05) is 18.3 Å². The Morgan fingerprint density at radius 1 is 1.18 bits per heavy atom. The fourth-order valence-corrected chi connectivity index (χ4v) is 4.76. The number of aromatic nitrogens is 6. The Morgan fingerprint density at radius 3 is 3.06 bits per heavy atom. The first-order valence-corrected chi connectivity index (χ1v) is 11.1. The molecule has 2 aliphatic heterocycles. The van der Waals surface area contributed by atoms with Gasteiger partial charge in [-0.3, -0.25) is 0 Å². The molecule has 0 aromatic carbocycles. The number of aromatic amines is 1. The maximum absolute atomic E-state index is 6.46. The van der Waals surface area contributed by atoms with Crippen molar-refractivity contribution in [2.45, 2.75) is 25.4 Å². The van der Waals surface area contributed by atoms with E-state index in [0.717, 1.165) is 67.1 Å². The maximum Gasteiger partial charge on any atom is 0.223 e. The Balaban J connectivity index is 0.00000228. The molecule has 0 unspecified atom stereocenters. The number of pyridine rings is 1. The van der Waals surface area contributed by atoms with Gasteiger partial charge in [0, 0.05) is 54.6 Å². The van der Waals surface area contributed by atoms with E-state index in [4.69, 9.17) is 16.6 Å². The highest BCUT2D eigenvalue weighted by molar-refractivity contribution is 6.33. The SMILES string of the molecule is Cl.Clc1cnc(N[C@@H]2CCN(c3ncnc4c3CCNC4)C2)nc1-c1c[nH]c2ncccc12. The van der Waals surface area contributed by atoms with E-state index in [0.29, 0.717) is 16.7 Å². The molecule has 0 spiro atoms. The van der Waals surface area contributed by atoms with Crippen molar-refractivity contribution in [3.05, 3.63) is 53.3 Å². The van der Waals surface area contributed by atoms with Gasteiger partial charge in [-0.2, -0.15) is 0 Å². The summed E-state index contributed by atoms with van der Waals surface area (Å²) in [4.78, 5) is 28.1. The molecule has 9 nitrogen and oxygen atoms in total. The summed E-state index contributed by atoms with van der Waals surface area (Å²) < 4.78 is 0. The second kappa shape index (κ2) is 9.09. The third kappa shape index (κ3) is 4.07. The molecule has 0 radical (unpaired) electrons. The van der Waals surface area contributed by atoms with Gasteiger partial charge in [0.15, 0.2) is 0 Å². The summed E-state index contributed by atoms with van der Waals surface area (Å²) in [7, 11) is 0. The van der Waals surface area contributed by atoms with Crippen LogP contribution in [0.25, 0.3) is 22.3 Å². The average Bonchev–Trinajstić information content (AvgIpc) is 3.47. The van der Waals surface area contributed by atoms with Gasteiger partial charge in [0.1, 0.15) is 17.8 Å². The van der Waals surface area contributed by atoms with E-state index in [1.54, 1.807) is 18.7 Å². The molecule has 1 fully saturated rings. The number of hydrogen-bond acceptors (Lipinski definition) is 8. The van der Waals surface area contributed by atoms with Crippen LogP contribution in [0.4, 0.5) is 11.8 Å². The number of H-pyrrole nitrogens is 1. The number of nitrogens with zero attached hydrogens (tertiary/aromatic N) is 6. The highest BCUT2D eigenvalue weighted by Gasteiger charge is 2.28. The molecular formula is C22H23Cl2N9. The molecule has 6 heterocycles. The summed E-state index contributed by atoms with van der Waals surface area (Å²) in [6, 6.07) is 4.14. The normalized spacial score (nSPS) is 17.6. The Kier molecular flexibility index (Phi) is 6.01. The third-order valence-corrected chi connectivity index (χ3v) is 6.40. The second-order valence-corrected chi connectivity index (χ2v) is 8.52.